The Labute approximate surface area is 140 Å². The summed E-state index contributed by atoms with van der Waals surface area (Å²) >= 11 is 0. The predicted molar refractivity (Wildman–Crippen MR) is 86.9 cm³/mol. The maximum Gasteiger partial charge on any atom is 0.324 e. The van der Waals surface area contributed by atoms with Crippen molar-refractivity contribution in [1.29, 1.82) is 0 Å². The van der Waals surface area contributed by atoms with Gasteiger partial charge in [-0.25, -0.2) is 8.42 Å². The number of sulfonamides is 1. The Morgan fingerprint density at radius 1 is 1.29 bits per heavy atom. The van der Waals surface area contributed by atoms with Gasteiger partial charge in [-0.05, 0) is 31.2 Å². The zero-order valence-electron chi connectivity index (χ0n) is 13.4. The molecule has 132 valence electrons. The summed E-state index contributed by atoms with van der Waals surface area (Å²) in [5, 5.41) is 2.43. The van der Waals surface area contributed by atoms with Gasteiger partial charge in [0, 0.05) is 6.54 Å². The highest BCUT2D eigenvalue weighted by Gasteiger charge is 2.23. The van der Waals surface area contributed by atoms with Crippen molar-refractivity contribution in [2.45, 2.75) is 17.9 Å². The van der Waals surface area contributed by atoms with E-state index in [1.165, 1.54) is 44.4 Å². The second kappa shape index (κ2) is 9.04. The minimum atomic E-state index is -3.90. The number of nitrogens with one attached hydrogen (secondary N) is 2. The number of amides is 1. The first-order valence-electron chi connectivity index (χ1n) is 7.00. The molecule has 0 spiro atoms. The lowest BCUT2D eigenvalue weighted by atomic mass is 10.3. The highest BCUT2D eigenvalue weighted by molar-refractivity contribution is 7.89. The first kappa shape index (κ1) is 19.7. The highest BCUT2D eigenvalue weighted by Crippen LogP contribution is 2.15. The van der Waals surface area contributed by atoms with Crippen molar-refractivity contribution in [3.8, 4) is 5.75 Å². The summed E-state index contributed by atoms with van der Waals surface area (Å²) in [6.45, 7) is 4.50. The number of ether oxygens (including phenoxy) is 2. The molecule has 0 fully saturated rings. The Kier molecular flexibility index (Phi) is 7.40. The number of hydrogen-bond donors (Lipinski definition) is 2. The van der Waals surface area contributed by atoms with E-state index in [0.29, 0.717) is 5.75 Å². The van der Waals surface area contributed by atoms with Crippen LogP contribution in [0.4, 0.5) is 0 Å². The number of carbonyl (C=O) groups is 2. The van der Waals surface area contributed by atoms with E-state index in [4.69, 9.17) is 9.47 Å². The molecule has 0 aromatic heterocycles. The summed E-state index contributed by atoms with van der Waals surface area (Å²) in [6.07, 6.45) is 1.48. The van der Waals surface area contributed by atoms with Gasteiger partial charge in [0.25, 0.3) is 5.91 Å². The third-order valence-corrected chi connectivity index (χ3v) is 4.40. The van der Waals surface area contributed by atoms with Crippen molar-refractivity contribution in [1.82, 2.24) is 10.0 Å². The minimum Gasteiger partial charge on any atom is -0.497 e. The molecule has 1 rings (SSSR count). The van der Waals surface area contributed by atoms with Crippen LogP contribution in [0.2, 0.25) is 0 Å². The van der Waals surface area contributed by atoms with Gasteiger partial charge in [0.15, 0.2) is 6.61 Å². The third-order valence-electron chi connectivity index (χ3n) is 2.84. The molecule has 0 radical (unpaired) electrons. The van der Waals surface area contributed by atoms with Gasteiger partial charge in [0.2, 0.25) is 10.0 Å². The van der Waals surface area contributed by atoms with Gasteiger partial charge in [0.05, 0.1) is 12.0 Å². The molecule has 24 heavy (non-hydrogen) atoms. The van der Waals surface area contributed by atoms with Crippen LogP contribution in [0.15, 0.2) is 41.8 Å². The summed E-state index contributed by atoms with van der Waals surface area (Å²) in [4.78, 5) is 23.0. The van der Waals surface area contributed by atoms with E-state index in [1.54, 1.807) is 0 Å². The number of hydrogen-bond acceptors (Lipinski definition) is 6. The Hall–Kier alpha value is -2.39. The third kappa shape index (κ3) is 6.01. The van der Waals surface area contributed by atoms with Crippen molar-refractivity contribution in [3.05, 3.63) is 36.9 Å². The van der Waals surface area contributed by atoms with Crippen LogP contribution in [0.5, 0.6) is 5.75 Å². The van der Waals surface area contributed by atoms with E-state index in [-0.39, 0.29) is 11.4 Å². The summed E-state index contributed by atoms with van der Waals surface area (Å²) in [7, 11) is -2.44. The van der Waals surface area contributed by atoms with E-state index in [0.717, 1.165) is 0 Å². The second-order valence-corrected chi connectivity index (χ2v) is 6.43. The topological polar surface area (TPSA) is 111 Å². The fourth-order valence-corrected chi connectivity index (χ4v) is 2.79. The maximum atomic E-state index is 12.2. The highest BCUT2D eigenvalue weighted by atomic mass is 32.2. The predicted octanol–water partition coefficient (Wildman–Crippen LogP) is 0.207. The zero-order valence-corrected chi connectivity index (χ0v) is 14.3. The van der Waals surface area contributed by atoms with Crippen LogP contribution < -0.4 is 14.8 Å². The van der Waals surface area contributed by atoms with Crippen LogP contribution in [0, 0.1) is 0 Å². The fourth-order valence-electron chi connectivity index (χ4n) is 1.60. The molecule has 0 aliphatic carbocycles. The molecular formula is C15H20N2O6S. The Morgan fingerprint density at radius 3 is 2.46 bits per heavy atom. The minimum absolute atomic E-state index is 0.0216. The monoisotopic (exact) mass is 356 g/mol. The lowest BCUT2D eigenvalue weighted by Gasteiger charge is -2.14. The van der Waals surface area contributed by atoms with Gasteiger partial charge in [-0.1, -0.05) is 6.08 Å². The van der Waals surface area contributed by atoms with E-state index < -0.39 is 34.5 Å². The summed E-state index contributed by atoms with van der Waals surface area (Å²) in [5.41, 5.74) is 0. The normalized spacial score (nSPS) is 12.1. The Morgan fingerprint density at radius 2 is 1.92 bits per heavy atom. The molecule has 1 aromatic rings. The molecular weight excluding hydrogens is 336 g/mol. The van der Waals surface area contributed by atoms with E-state index in [9.17, 15) is 18.0 Å². The maximum absolute atomic E-state index is 12.2. The smallest absolute Gasteiger partial charge is 0.324 e. The molecule has 1 amide bonds. The van der Waals surface area contributed by atoms with Gasteiger partial charge in [0.1, 0.15) is 11.8 Å². The molecule has 9 heteroatoms. The van der Waals surface area contributed by atoms with E-state index in [2.05, 4.69) is 16.6 Å². The molecule has 1 aromatic carbocycles. The standard InChI is InChI=1S/C15H20N2O6S/c1-4-9-16-14(18)10-23-15(19)11(2)17-24(20,21)13-7-5-12(22-3)6-8-13/h4-8,11,17H,1,9-10H2,2-3H3,(H,16,18). The second-order valence-electron chi connectivity index (χ2n) is 4.72. The van der Waals surface area contributed by atoms with Crippen LogP contribution in [0.1, 0.15) is 6.92 Å². The van der Waals surface area contributed by atoms with Crippen LogP contribution in [0.3, 0.4) is 0 Å². The van der Waals surface area contributed by atoms with Crippen molar-refractivity contribution in [3.63, 3.8) is 0 Å². The lowest BCUT2D eigenvalue weighted by molar-refractivity contribution is -0.149. The summed E-state index contributed by atoms with van der Waals surface area (Å²) in [5.74, 6) is -0.860. The summed E-state index contributed by atoms with van der Waals surface area (Å²) in [6, 6.07) is 4.52. The quantitative estimate of drug-likeness (QED) is 0.483. The van der Waals surface area contributed by atoms with Crippen LogP contribution in [-0.4, -0.2) is 46.6 Å². The van der Waals surface area contributed by atoms with Gasteiger partial charge in [-0.3, -0.25) is 9.59 Å². The number of benzene rings is 1. The SMILES string of the molecule is C=CCNC(=O)COC(=O)C(C)NS(=O)(=O)c1ccc(OC)cc1. The lowest BCUT2D eigenvalue weighted by Crippen LogP contribution is -2.40. The van der Waals surface area contributed by atoms with Crippen molar-refractivity contribution >= 4 is 21.9 Å². The van der Waals surface area contributed by atoms with Crippen LogP contribution in [-0.2, 0) is 24.3 Å². The molecule has 0 aliphatic heterocycles. The number of methoxy groups -OCH3 is 1. The summed E-state index contributed by atoms with van der Waals surface area (Å²) < 4.78 is 36.2. The molecule has 0 heterocycles. The van der Waals surface area contributed by atoms with E-state index in [1.807, 2.05) is 0 Å². The first-order chi connectivity index (χ1) is 11.3. The number of carbonyl (C=O) groups excluding carboxylic acids is 2. The van der Waals surface area contributed by atoms with Gasteiger partial charge >= 0.3 is 5.97 Å². The van der Waals surface area contributed by atoms with Crippen molar-refractivity contribution in [2.24, 2.45) is 0 Å². The van der Waals surface area contributed by atoms with Gasteiger partial charge < -0.3 is 14.8 Å². The average molecular weight is 356 g/mol. The number of rotatable bonds is 9. The van der Waals surface area contributed by atoms with Crippen LogP contribution in [0.25, 0.3) is 0 Å². The Balaban J connectivity index is 2.60. The molecule has 1 atom stereocenters. The molecule has 1 unspecified atom stereocenters. The molecule has 0 bridgehead atoms. The largest absolute Gasteiger partial charge is 0.497 e. The van der Waals surface area contributed by atoms with Crippen LogP contribution >= 0.6 is 0 Å². The number of esters is 1. The zero-order chi connectivity index (χ0) is 18.2. The molecule has 2 N–H and O–H groups in total. The average Bonchev–Trinajstić information content (AvgIpc) is 2.57. The molecule has 0 aliphatic rings. The first-order valence-corrected chi connectivity index (χ1v) is 8.49. The van der Waals surface area contributed by atoms with Gasteiger partial charge in [-0.15, -0.1) is 6.58 Å². The van der Waals surface area contributed by atoms with Crippen molar-refractivity contribution < 1.29 is 27.5 Å². The molecule has 8 nitrogen and oxygen atoms in total. The molecule has 0 saturated heterocycles. The van der Waals surface area contributed by atoms with E-state index >= 15 is 0 Å². The molecule has 0 saturated carbocycles. The van der Waals surface area contributed by atoms with Gasteiger partial charge in [-0.2, -0.15) is 4.72 Å². The van der Waals surface area contributed by atoms with Crippen molar-refractivity contribution in [2.75, 3.05) is 20.3 Å². The fraction of sp³-hybridized carbons (Fsp3) is 0.333. The Bertz CT molecular complexity index is 684.